The molecule has 136 valence electrons. The first-order valence-corrected chi connectivity index (χ1v) is 8.45. The highest BCUT2D eigenvalue weighted by molar-refractivity contribution is 6.36. The SMILES string of the molecule is O=C(CCC(=O)OCC(=O)Nc1ccc(Cl)cc1Cl)Nc1ccccc1. The van der Waals surface area contributed by atoms with Gasteiger partial charge in [-0.15, -0.1) is 0 Å². The average Bonchev–Trinajstić information content (AvgIpc) is 2.61. The largest absolute Gasteiger partial charge is 0.456 e. The summed E-state index contributed by atoms with van der Waals surface area (Å²) in [5.74, 6) is -1.51. The van der Waals surface area contributed by atoms with Crippen molar-refractivity contribution in [2.45, 2.75) is 12.8 Å². The summed E-state index contributed by atoms with van der Waals surface area (Å²) in [6.07, 6.45) is -0.175. The molecule has 6 nitrogen and oxygen atoms in total. The third kappa shape index (κ3) is 6.74. The molecule has 0 bridgehead atoms. The predicted molar refractivity (Wildman–Crippen MR) is 100 cm³/mol. The van der Waals surface area contributed by atoms with Crippen LogP contribution in [0.2, 0.25) is 10.0 Å². The van der Waals surface area contributed by atoms with Crippen molar-refractivity contribution in [3.8, 4) is 0 Å². The van der Waals surface area contributed by atoms with Gasteiger partial charge in [-0.1, -0.05) is 41.4 Å². The highest BCUT2D eigenvalue weighted by Crippen LogP contribution is 2.25. The third-order valence-electron chi connectivity index (χ3n) is 3.18. The van der Waals surface area contributed by atoms with Gasteiger partial charge >= 0.3 is 5.97 Å². The van der Waals surface area contributed by atoms with Gasteiger partial charge in [-0.2, -0.15) is 0 Å². The lowest BCUT2D eigenvalue weighted by Gasteiger charge is -2.08. The monoisotopic (exact) mass is 394 g/mol. The van der Waals surface area contributed by atoms with E-state index in [2.05, 4.69) is 10.6 Å². The van der Waals surface area contributed by atoms with E-state index >= 15 is 0 Å². The number of carbonyl (C=O) groups is 3. The summed E-state index contributed by atoms with van der Waals surface area (Å²) < 4.78 is 4.84. The van der Waals surface area contributed by atoms with Gasteiger partial charge in [-0.05, 0) is 30.3 Å². The Balaban J connectivity index is 1.69. The second-order valence-corrected chi connectivity index (χ2v) is 6.09. The highest BCUT2D eigenvalue weighted by atomic mass is 35.5. The molecule has 0 aliphatic rings. The number of anilines is 2. The minimum absolute atomic E-state index is 0.0433. The summed E-state index contributed by atoms with van der Waals surface area (Å²) in [5.41, 5.74) is 1.00. The number of para-hydroxylation sites is 1. The van der Waals surface area contributed by atoms with Gasteiger partial charge in [0, 0.05) is 17.1 Å². The first-order chi connectivity index (χ1) is 12.4. The van der Waals surface area contributed by atoms with Crippen molar-refractivity contribution in [2.75, 3.05) is 17.2 Å². The lowest BCUT2D eigenvalue weighted by Crippen LogP contribution is -2.22. The maximum atomic E-state index is 11.8. The molecule has 0 aliphatic heterocycles. The van der Waals surface area contributed by atoms with E-state index < -0.39 is 18.5 Å². The fourth-order valence-electron chi connectivity index (χ4n) is 1.96. The Morgan fingerprint density at radius 2 is 1.62 bits per heavy atom. The molecule has 0 fully saturated rings. The van der Waals surface area contributed by atoms with Gasteiger partial charge in [0.1, 0.15) is 0 Å². The summed E-state index contributed by atoms with van der Waals surface area (Å²) in [5, 5.41) is 5.87. The van der Waals surface area contributed by atoms with Crippen LogP contribution in [-0.4, -0.2) is 24.4 Å². The van der Waals surface area contributed by atoms with Gasteiger partial charge in [-0.25, -0.2) is 0 Å². The van der Waals surface area contributed by atoms with Gasteiger partial charge in [0.2, 0.25) is 5.91 Å². The van der Waals surface area contributed by atoms with Crippen molar-refractivity contribution < 1.29 is 19.1 Å². The Morgan fingerprint density at radius 1 is 0.885 bits per heavy atom. The number of benzene rings is 2. The molecular formula is C18H16Cl2N2O4. The number of nitrogens with one attached hydrogen (secondary N) is 2. The zero-order chi connectivity index (χ0) is 18.9. The van der Waals surface area contributed by atoms with E-state index in [1.54, 1.807) is 30.3 Å². The molecule has 0 spiro atoms. The summed E-state index contributed by atoms with van der Waals surface area (Å²) in [6, 6.07) is 13.5. The molecule has 0 atom stereocenters. The van der Waals surface area contributed by atoms with Gasteiger partial charge < -0.3 is 15.4 Å². The molecule has 0 aliphatic carbocycles. The van der Waals surface area contributed by atoms with Crippen LogP contribution in [0.4, 0.5) is 11.4 Å². The van der Waals surface area contributed by atoms with E-state index in [9.17, 15) is 14.4 Å². The molecule has 0 saturated heterocycles. The average molecular weight is 395 g/mol. The Hall–Kier alpha value is -2.57. The lowest BCUT2D eigenvalue weighted by molar-refractivity contribution is -0.147. The summed E-state index contributed by atoms with van der Waals surface area (Å²) in [4.78, 5) is 35.2. The van der Waals surface area contributed by atoms with Crippen LogP contribution in [-0.2, 0) is 19.1 Å². The van der Waals surface area contributed by atoms with E-state index in [1.807, 2.05) is 6.07 Å². The Bertz CT molecular complexity index is 797. The smallest absolute Gasteiger partial charge is 0.306 e. The fraction of sp³-hybridized carbons (Fsp3) is 0.167. The van der Waals surface area contributed by atoms with Gasteiger partial charge in [0.25, 0.3) is 5.91 Å². The van der Waals surface area contributed by atoms with Crippen LogP contribution in [0, 0.1) is 0 Å². The van der Waals surface area contributed by atoms with Crippen LogP contribution in [0.3, 0.4) is 0 Å². The summed E-state index contributed by atoms with van der Waals surface area (Å²) in [7, 11) is 0. The van der Waals surface area contributed by atoms with Crippen molar-refractivity contribution in [3.05, 3.63) is 58.6 Å². The first-order valence-electron chi connectivity index (χ1n) is 7.69. The minimum atomic E-state index is -0.648. The number of esters is 1. The predicted octanol–water partition coefficient (Wildman–Crippen LogP) is 3.89. The minimum Gasteiger partial charge on any atom is -0.456 e. The van der Waals surface area contributed by atoms with Gasteiger partial charge in [-0.3, -0.25) is 14.4 Å². The Morgan fingerprint density at radius 3 is 2.31 bits per heavy atom. The quantitative estimate of drug-likeness (QED) is 0.697. The van der Waals surface area contributed by atoms with Crippen LogP contribution >= 0.6 is 23.2 Å². The molecule has 0 radical (unpaired) electrons. The number of halogens is 2. The van der Waals surface area contributed by atoms with Crippen LogP contribution in [0.5, 0.6) is 0 Å². The standard InChI is InChI=1S/C18H16Cl2N2O4/c19-12-6-7-15(14(20)10-12)22-17(24)11-26-18(25)9-8-16(23)21-13-4-2-1-3-5-13/h1-7,10H,8-9,11H2,(H,21,23)(H,22,24). The van der Waals surface area contributed by atoms with E-state index in [0.29, 0.717) is 16.4 Å². The number of rotatable bonds is 7. The van der Waals surface area contributed by atoms with E-state index in [4.69, 9.17) is 27.9 Å². The molecule has 0 unspecified atom stereocenters. The third-order valence-corrected chi connectivity index (χ3v) is 3.73. The van der Waals surface area contributed by atoms with E-state index in [1.165, 1.54) is 12.1 Å². The summed E-state index contributed by atoms with van der Waals surface area (Å²) in [6.45, 7) is -0.474. The molecule has 8 heteroatoms. The molecular weight excluding hydrogens is 379 g/mol. The maximum absolute atomic E-state index is 11.8. The fourth-order valence-corrected chi connectivity index (χ4v) is 2.41. The van der Waals surface area contributed by atoms with E-state index in [0.717, 1.165) is 0 Å². The topological polar surface area (TPSA) is 84.5 Å². The molecule has 2 amide bonds. The zero-order valence-electron chi connectivity index (χ0n) is 13.6. The van der Waals surface area contributed by atoms with Crippen LogP contribution in [0.15, 0.2) is 48.5 Å². The number of hydrogen-bond donors (Lipinski definition) is 2. The van der Waals surface area contributed by atoms with Crippen molar-refractivity contribution in [1.82, 2.24) is 0 Å². The summed E-state index contributed by atoms with van der Waals surface area (Å²) >= 11 is 11.7. The number of carbonyl (C=O) groups excluding carboxylic acids is 3. The molecule has 0 heterocycles. The molecule has 2 N–H and O–H groups in total. The second kappa shape index (κ2) is 9.79. The number of ether oxygens (including phenoxy) is 1. The van der Waals surface area contributed by atoms with Crippen molar-refractivity contribution in [1.29, 1.82) is 0 Å². The molecule has 2 aromatic rings. The molecule has 26 heavy (non-hydrogen) atoms. The molecule has 0 aromatic heterocycles. The molecule has 2 rings (SSSR count). The van der Waals surface area contributed by atoms with Crippen molar-refractivity contribution >= 4 is 52.4 Å². The number of amides is 2. The van der Waals surface area contributed by atoms with Gasteiger partial charge in [0.15, 0.2) is 6.61 Å². The lowest BCUT2D eigenvalue weighted by atomic mass is 10.2. The Labute approximate surface area is 160 Å². The van der Waals surface area contributed by atoms with Gasteiger partial charge in [0.05, 0.1) is 17.1 Å². The van der Waals surface area contributed by atoms with E-state index in [-0.39, 0.29) is 23.8 Å². The molecule has 0 saturated carbocycles. The van der Waals surface area contributed by atoms with Crippen molar-refractivity contribution in [3.63, 3.8) is 0 Å². The van der Waals surface area contributed by atoms with Crippen LogP contribution in [0.25, 0.3) is 0 Å². The van der Waals surface area contributed by atoms with Crippen LogP contribution in [0.1, 0.15) is 12.8 Å². The maximum Gasteiger partial charge on any atom is 0.306 e. The normalized spacial score (nSPS) is 10.1. The van der Waals surface area contributed by atoms with Crippen molar-refractivity contribution in [2.24, 2.45) is 0 Å². The first kappa shape index (κ1) is 19.8. The second-order valence-electron chi connectivity index (χ2n) is 5.25. The number of hydrogen-bond acceptors (Lipinski definition) is 4. The van der Waals surface area contributed by atoms with Crippen LogP contribution < -0.4 is 10.6 Å². The molecule has 2 aromatic carbocycles. The zero-order valence-corrected chi connectivity index (χ0v) is 15.1. The Kier molecular flexibility index (Phi) is 7.44. The highest BCUT2D eigenvalue weighted by Gasteiger charge is 2.12.